The highest BCUT2D eigenvalue weighted by Gasteiger charge is 2.15. The van der Waals surface area contributed by atoms with Crippen molar-refractivity contribution < 1.29 is 0 Å². The normalized spacial score (nSPS) is 11.9. The van der Waals surface area contributed by atoms with Gasteiger partial charge in [0.15, 0.2) is 0 Å². The van der Waals surface area contributed by atoms with Crippen LogP contribution in [0.5, 0.6) is 0 Å². The van der Waals surface area contributed by atoms with Crippen LogP contribution in [-0.2, 0) is 11.0 Å². The zero-order valence-electron chi connectivity index (χ0n) is 12.0. The van der Waals surface area contributed by atoms with E-state index in [-0.39, 0.29) is 11.0 Å². The molecule has 0 spiro atoms. The van der Waals surface area contributed by atoms with Crippen molar-refractivity contribution in [1.29, 1.82) is 0 Å². The fraction of sp³-hybridized carbons (Fsp3) is 0.667. The zero-order chi connectivity index (χ0) is 13.8. The first-order valence-corrected chi connectivity index (χ1v) is 5.92. The van der Waals surface area contributed by atoms with E-state index in [1.807, 2.05) is 4.57 Å². The molecule has 0 aliphatic carbocycles. The van der Waals surface area contributed by atoms with Crippen LogP contribution in [-0.4, -0.2) is 29.9 Å². The molecule has 1 N–H and O–H groups in total. The Kier molecular flexibility index (Phi) is 4.21. The predicted molar refractivity (Wildman–Crippen MR) is 70.1 cm³/mol. The van der Waals surface area contributed by atoms with Gasteiger partial charge in [-0.05, 0) is 20.8 Å². The molecule has 0 aromatic carbocycles. The first-order valence-electron chi connectivity index (χ1n) is 5.92. The van der Waals surface area contributed by atoms with Crippen molar-refractivity contribution in [2.24, 2.45) is 0 Å². The fourth-order valence-electron chi connectivity index (χ4n) is 1.11. The van der Waals surface area contributed by atoms with Crippen molar-refractivity contribution in [3.8, 4) is 0 Å². The second-order valence-electron chi connectivity index (χ2n) is 6.12. The summed E-state index contributed by atoms with van der Waals surface area (Å²) in [5.41, 5.74) is 0.208. The van der Waals surface area contributed by atoms with Gasteiger partial charge in [-0.3, -0.25) is 5.10 Å². The van der Waals surface area contributed by atoms with Crippen molar-refractivity contribution in [2.75, 3.05) is 0 Å². The van der Waals surface area contributed by atoms with Crippen molar-refractivity contribution in [1.82, 2.24) is 29.9 Å². The Hall–Kier alpha value is -1.72. The maximum absolute atomic E-state index is 4.02. The van der Waals surface area contributed by atoms with Crippen LogP contribution in [0.4, 0.5) is 0 Å². The number of nitrogens with zero attached hydrogens (tertiary/aromatic N) is 5. The molecule has 0 aliphatic heterocycles. The second kappa shape index (κ2) is 5.29. The van der Waals surface area contributed by atoms with Gasteiger partial charge in [-0.25, -0.2) is 4.98 Å². The molecule has 18 heavy (non-hydrogen) atoms. The molecule has 6 nitrogen and oxygen atoms in total. The average Bonchev–Trinajstić information content (AvgIpc) is 2.91. The second-order valence-corrected chi connectivity index (χ2v) is 6.12. The lowest BCUT2D eigenvalue weighted by atomic mass is 9.96. The van der Waals surface area contributed by atoms with Crippen molar-refractivity contribution in [2.45, 2.75) is 52.5 Å². The SMILES string of the molecule is CC(C)(C)c1ncn[nH]1.CC(C)(C)n1cnnc1. The topological polar surface area (TPSA) is 72.3 Å². The number of H-pyrrole nitrogens is 1. The largest absolute Gasteiger partial charge is 0.315 e. The Morgan fingerprint density at radius 2 is 1.56 bits per heavy atom. The summed E-state index contributed by atoms with van der Waals surface area (Å²) in [6, 6.07) is 0. The quantitative estimate of drug-likeness (QED) is 0.777. The van der Waals surface area contributed by atoms with Gasteiger partial charge in [0, 0.05) is 11.0 Å². The minimum atomic E-state index is 0.0938. The molecule has 0 amide bonds. The number of aromatic nitrogens is 6. The summed E-state index contributed by atoms with van der Waals surface area (Å²) < 4.78 is 1.97. The van der Waals surface area contributed by atoms with Crippen molar-refractivity contribution >= 4 is 0 Å². The smallest absolute Gasteiger partial charge is 0.137 e. The van der Waals surface area contributed by atoms with Gasteiger partial charge < -0.3 is 4.57 Å². The Morgan fingerprint density at radius 3 is 1.78 bits per heavy atom. The van der Waals surface area contributed by atoms with E-state index in [0.717, 1.165) is 5.82 Å². The van der Waals surface area contributed by atoms with Gasteiger partial charge >= 0.3 is 0 Å². The van der Waals surface area contributed by atoms with Gasteiger partial charge in [0.1, 0.15) is 24.8 Å². The highest BCUT2D eigenvalue weighted by Crippen LogP contribution is 2.15. The molecule has 0 aliphatic rings. The Labute approximate surface area is 108 Å². The average molecular weight is 250 g/mol. The van der Waals surface area contributed by atoms with Gasteiger partial charge in [-0.1, -0.05) is 20.8 Å². The highest BCUT2D eigenvalue weighted by molar-refractivity contribution is 4.97. The first-order chi connectivity index (χ1) is 8.21. The van der Waals surface area contributed by atoms with E-state index in [9.17, 15) is 0 Å². The number of hydrogen-bond donors (Lipinski definition) is 1. The van der Waals surface area contributed by atoms with Crippen LogP contribution in [0.3, 0.4) is 0 Å². The molecule has 0 atom stereocenters. The Bertz CT molecular complexity index is 386. The van der Waals surface area contributed by atoms with Crippen molar-refractivity contribution in [3.05, 3.63) is 24.8 Å². The van der Waals surface area contributed by atoms with E-state index >= 15 is 0 Å². The van der Waals surface area contributed by atoms with Crippen LogP contribution in [0.25, 0.3) is 0 Å². The van der Waals surface area contributed by atoms with E-state index < -0.39 is 0 Å². The molecule has 2 rings (SSSR count). The first kappa shape index (κ1) is 14.3. The van der Waals surface area contributed by atoms with E-state index in [2.05, 4.69) is 66.9 Å². The molecular weight excluding hydrogens is 228 g/mol. The number of nitrogens with one attached hydrogen (secondary N) is 1. The maximum Gasteiger partial charge on any atom is 0.137 e. The monoisotopic (exact) mass is 250 g/mol. The van der Waals surface area contributed by atoms with E-state index in [1.165, 1.54) is 6.33 Å². The molecule has 0 unspecified atom stereocenters. The van der Waals surface area contributed by atoms with Crippen molar-refractivity contribution in [3.63, 3.8) is 0 Å². The van der Waals surface area contributed by atoms with Crippen LogP contribution in [0.15, 0.2) is 19.0 Å². The molecule has 2 heterocycles. The molecule has 0 saturated heterocycles. The van der Waals surface area contributed by atoms with E-state index in [0.29, 0.717) is 0 Å². The molecule has 100 valence electrons. The Morgan fingerprint density at radius 1 is 1.00 bits per heavy atom. The summed E-state index contributed by atoms with van der Waals surface area (Å²) in [7, 11) is 0. The zero-order valence-corrected chi connectivity index (χ0v) is 12.0. The van der Waals surface area contributed by atoms with Gasteiger partial charge in [0.05, 0.1) is 0 Å². The summed E-state index contributed by atoms with van der Waals surface area (Å²) in [6.45, 7) is 12.6. The third kappa shape index (κ3) is 4.27. The Balaban J connectivity index is 0.000000180. The summed E-state index contributed by atoms with van der Waals surface area (Å²) in [5, 5.41) is 14.0. The standard InChI is InChI=1S/2C6H11N3/c1-6(2,3)9-4-7-8-5-9;1-6(2,3)5-7-4-8-9-5/h4-5H,1-3H3;4H,1-3H3,(H,7,8,9). The number of rotatable bonds is 0. The van der Waals surface area contributed by atoms with Crippen LogP contribution in [0.2, 0.25) is 0 Å². The molecule has 0 bridgehead atoms. The molecule has 2 aromatic heterocycles. The highest BCUT2D eigenvalue weighted by atomic mass is 15.2. The lowest BCUT2D eigenvalue weighted by Gasteiger charge is -2.18. The molecule has 2 aromatic rings. The summed E-state index contributed by atoms with van der Waals surface area (Å²) in [6.07, 6.45) is 4.97. The van der Waals surface area contributed by atoms with Crippen LogP contribution in [0.1, 0.15) is 47.4 Å². The van der Waals surface area contributed by atoms with Gasteiger partial charge in [-0.2, -0.15) is 5.10 Å². The predicted octanol–water partition coefficient (Wildman–Crippen LogP) is 2.14. The maximum atomic E-state index is 4.02. The third-order valence-corrected chi connectivity index (χ3v) is 2.32. The van der Waals surface area contributed by atoms with Gasteiger partial charge in [-0.15, -0.1) is 10.2 Å². The summed E-state index contributed by atoms with van der Waals surface area (Å²) in [5.74, 6) is 0.933. The lowest BCUT2D eigenvalue weighted by molar-refractivity contribution is 0.395. The van der Waals surface area contributed by atoms with Gasteiger partial charge in [0.25, 0.3) is 0 Å². The van der Waals surface area contributed by atoms with Crippen LogP contribution < -0.4 is 0 Å². The number of hydrogen-bond acceptors (Lipinski definition) is 4. The minimum Gasteiger partial charge on any atom is -0.315 e. The summed E-state index contributed by atoms with van der Waals surface area (Å²) >= 11 is 0. The van der Waals surface area contributed by atoms with Crippen LogP contribution in [0, 0.1) is 0 Å². The molecule has 0 fully saturated rings. The molecule has 0 radical (unpaired) electrons. The number of aromatic amines is 1. The van der Waals surface area contributed by atoms with E-state index in [1.54, 1.807) is 12.7 Å². The van der Waals surface area contributed by atoms with E-state index in [4.69, 9.17) is 0 Å². The molecular formula is C12H22N6. The van der Waals surface area contributed by atoms with Gasteiger partial charge in [0.2, 0.25) is 0 Å². The third-order valence-electron chi connectivity index (χ3n) is 2.32. The molecule has 0 saturated carbocycles. The van der Waals surface area contributed by atoms with Crippen LogP contribution >= 0.6 is 0 Å². The lowest BCUT2D eigenvalue weighted by Crippen LogP contribution is -2.19. The fourth-order valence-corrected chi connectivity index (χ4v) is 1.11. The molecule has 6 heteroatoms. The minimum absolute atomic E-state index is 0.0938. The summed E-state index contributed by atoms with van der Waals surface area (Å²) in [4.78, 5) is 4.02.